The first-order valence-corrected chi connectivity index (χ1v) is 9.11. The molecule has 2 heterocycles. The molecule has 0 bridgehead atoms. The number of rotatable bonds is 4. The van der Waals surface area contributed by atoms with E-state index in [0.29, 0.717) is 30.5 Å². The maximum atomic E-state index is 12.8. The van der Waals surface area contributed by atoms with E-state index in [1.54, 1.807) is 0 Å². The van der Waals surface area contributed by atoms with Crippen LogP contribution in [0.2, 0.25) is 5.02 Å². The molecule has 2 aromatic carbocycles. The average molecular weight is 370 g/mol. The molecule has 5 nitrogen and oxygen atoms in total. The molecule has 1 aromatic heterocycles. The Hall–Kier alpha value is -2.37. The second kappa shape index (κ2) is 7.09. The fourth-order valence-corrected chi connectivity index (χ4v) is 3.81. The van der Waals surface area contributed by atoms with Crippen molar-refractivity contribution >= 4 is 28.4 Å². The number of aromatic amines is 1. The fourth-order valence-electron chi connectivity index (χ4n) is 3.62. The van der Waals surface area contributed by atoms with Crippen LogP contribution in [0.15, 0.2) is 48.5 Å². The second-order valence-electron chi connectivity index (χ2n) is 6.70. The molecule has 0 radical (unpaired) electrons. The van der Waals surface area contributed by atoms with Crippen LogP contribution in [0.5, 0.6) is 0 Å². The van der Waals surface area contributed by atoms with Crippen molar-refractivity contribution in [1.82, 2.24) is 15.5 Å². The van der Waals surface area contributed by atoms with E-state index in [0.717, 1.165) is 29.3 Å². The molecule has 0 atom stereocenters. The number of aromatic nitrogens is 2. The molecule has 4 rings (SSSR count). The first-order valence-electron chi connectivity index (χ1n) is 8.73. The van der Waals surface area contributed by atoms with Gasteiger partial charge in [-0.05, 0) is 36.6 Å². The highest BCUT2D eigenvalue weighted by Gasteiger charge is 2.35. The molecule has 0 spiro atoms. The summed E-state index contributed by atoms with van der Waals surface area (Å²) >= 11 is 6.20. The summed E-state index contributed by atoms with van der Waals surface area (Å²) in [4.78, 5) is 12.8. The number of benzene rings is 2. The Morgan fingerprint density at radius 2 is 2.00 bits per heavy atom. The van der Waals surface area contributed by atoms with E-state index in [2.05, 4.69) is 21.6 Å². The molecular weight excluding hydrogens is 350 g/mol. The molecule has 3 aromatic rings. The zero-order chi connectivity index (χ0) is 18.0. The number of amides is 1. The van der Waals surface area contributed by atoms with Crippen LogP contribution in [0.25, 0.3) is 10.9 Å². The third kappa shape index (κ3) is 3.20. The summed E-state index contributed by atoms with van der Waals surface area (Å²) < 4.78 is 5.55. The summed E-state index contributed by atoms with van der Waals surface area (Å²) in [6, 6.07) is 15.5. The van der Waals surface area contributed by atoms with Gasteiger partial charge in [-0.2, -0.15) is 5.10 Å². The van der Waals surface area contributed by atoms with Crippen LogP contribution < -0.4 is 5.32 Å². The van der Waals surface area contributed by atoms with Crippen molar-refractivity contribution in [3.05, 3.63) is 64.8 Å². The Kier molecular flexibility index (Phi) is 4.66. The zero-order valence-corrected chi connectivity index (χ0v) is 15.1. The maximum absolute atomic E-state index is 12.8. The number of nitrogens with zero attached hydrogens (tertiary/aromatic N) is 1. The monoisotopic (exact) mass is 369 g/mol. The molecule has 1 aliphatic heterocycles. The Morgan fingerprint density at radius 3 is 2.81 bits per heavy atom. The Morgan fingerprint density at radius 1 is 1.19 bits per heavy atom. The number of para-hydroxylation sites is 1. The van der Waals surface area contributed by atoms with E-state index in [4.69, 9.17) is 16.3 Å². The van der Waals surface area contributed by atoms with Gasteiger partial charge in [-0.25, -0.2) is 0 Å². The van der Waals surface area contributed by atoms with Crippen LogP contribution in [0.4, 0.5) is 0 Å². The molecule has 1 saturated heterocycles. The first kappa shape index (κ1) is 17.1. The van der Waals surface area contributed by atoms with Crippen LogP contribution >= 0.6 is 11.6 Å². The van der Waals surface area contributed by atoms with Crippen molar-refractivity contribution in [2.75, 3.05) is 19.8 Å². The highest BCUT2D eigenvalue weighted by Crippen LogP contribution is 2.35. The number of ether oxygens (including phenoxy) is 1. The van der Waals surface area contributed by atoms with Crippen LogP contribution in [0.1, 0.15) is 28.9 Å². The van der Waals surface area contributed by atoms with Gasteiger partial charge in [0.15, 0.2) is 5.69 Å². The van der Waals surface area contributed by atoms with Gasteiger partial charge in [0.1, 0.15) is 0 Å². The summed E-state index contributed by atoms with van der Waals surface area (Å²) in [6.07, 6.45) is 1.68. The average Bonchev–Trinajstić information content (AvgIpc) is 3.11. The van der Waals surface area contributed by atoms with Gasteiger partial charge in [-0.3, -0.25) is 9.89 Å². The Balaban J connectivity index is 1.58. The number of H-pyrrole nitrogens is 1. The molecule has 1 aliphatic rings. The van der Waals surface area contributed by atoms with Gasteiger partial charge in [0, 0.05) is 35.6 Å². The van der Waals surface area contributed by atoms with Crippen molar-refractivity contribution < 1.29 is 9.53 Å². The number of nitrogens with one attached hydrogen (secondary N) is 2. The third-order valence-electron chi connectivity index (χ3n) is 5.16. The highest BCUT2D eigenvalue weighted by molar-refractivity contribution is 6.30. The van der Waals surface area contributed by atoms with Crippen molar-refractivity contribution in [3.8, 4) is 0 Å². The van der Waals surface area contributed by atoms with Crippen molar-refractivity contribution in [3.63, 3.8) is 0 Å². The highest BCUT2D eigenvalue weighted by atomic mass is 35.5. The minimum atomic E-state index is -0.176. The van der Waals surface area contributed by atoms with E-state index >= 15 is 0 Å². The molecule has 6 heteroatoms. The van der Waals surface area contributed by atoms with E-state index < -0.39 is 0 Å². The Labute approximate surface area is 156 Å². The third-order valence-corrected chi connectivity index (χ3v) is 5.39. The fraction of sp³-hybridized carbons (Fsp3) is 0.300. The number of hydrogen-bond donors (Lipinski definition) is 2. The standard InChI is InChI=1S/C20H20ClN3O2/c21-15-5-3-4-14(12-15)20(8-10-26-11-9-20)13-22-19(25)18-16-6-1-2-7-17(16)23-24-18/h1-7,12H,8-11,13H2,(H,22,25)(H,23,24). The van der Waals surface area contributed by atoms with Crippen molar-refractivity contribution in [2.45, 2.75) is 18.3 Å². The number of fused-ring (bicyclic) bond motifs is 1. The lowest BCUT2D eigenvalue weighted by Gasteiger charge is -2.38. The maximum Gasteiger partial charge on any atom is 0.272 e. The topological polar surface area (TPSA) is 67.0 Å². The first-order chi connectivity index (χ1) is 12.7. The normalized spacial score (nSPS) is 16.5. The largest absolute Gasteiger partial charge is 0.381 e. The Bertz CT molecular complexity index is 931. The quantitative estimate of drug-likeness (QED) is 0.737. The lowest BCUT2D eigenvalue weighted by Crippen LogP contribution is -2.44. The number of halogens is 1. The van der Waals surface area contributed by atoms with Crippen LogP contribution in [0.3, 0.4) is 0 Å². The second-order valence-corrected chi connectivity index (χ2v) is 7.14. The van der Waals surface area contributed by atoms with Gasteiger partial charge in [-0.1, -0.05) is 41.9 Å². The number of carbonyl (C=O) groups excluding carboxylic acids is 1. The van der Waals surface area contributed by atoms with E-state index in [1.807, 2.05) is 42.5 Å². The lowest BCUT2D eigenvalue weighted by atomic mass is 9.74. The molecule has 1 amide bonds. The molecule has 0 saturated carbocycles. The summed E-state index contributed by atoms with van der Waals surface area (Å²) in [6.45, 7) is 1.87. The molecule has 0 aliphatic carbocycles. The summed E-state index contributed by atoms with van der Waals surface area (Å²) in [5, 5.41) is 11.7. The molecule has 2 N–H and O–H groups in total. The number of carbonyl (C=O) groups is 1. The van der Waals surface area contributed by atoms with E-state index in [9.17, 15) is 4.79 Å². The van der Waals surface area contributed by atoms with Gasteiger partial charge in [-0.15, -0.1) is 0 Å². The van der Waals surface area contributed by atoms with Gasteiger partial charge in [0.25, 0.3) is 5.91 Å². The minimum Gasteiger partial charge on any atom is -0.381 e. The van der Waals surface area contributed by atoms with Gasteiger partial charge >= 0.3 is 0 Å². The van der Waals surface area contributed by atoms with Crippen molar-refractivity contribution in [2.24, 2.45) is 0 Å². The number of hydrogen-bond acceptors (Lipinski definition) is 3. The SMILES string of the molecule is O=C(NCC1(c2cccc(Cl)c2)CCOCC1)c1n[nH]c2ccccc12. The zero-order valence-electron chi connectivity index (χ0n) is 14.3. The van der Waals surface area contributed by atoms with E-state index in [1.165, 1.54) is 0 Å². The summed E-state index contributed by atoms with van der Waals surface area (Å²) in [7, 11) is 0. The van der Waals surface area contributed by atoms with Gasteiger partial charge < -0.3 is 10.1 Å². The molecule has 26 heavy (non-hydrogen) atoms. The molecule has 0 unspecified atom stereocenters. The summed E-state index contributed by atoms with van der Waals surface area (Å²) in [5.41, 5.74) is 2.24. The van der Waals surface area contributed by atoms with Crippen LogP contribution in [-0.4, -0.2) is 35.9 Å². The van der Waals surface area contributed by atoms with Gasteiger partial charge in [0.05, 0.1) is 5.52 Å². The predicted octanol–water partition coefficient (Wildman–Crippen LogP) is 3.69. The van der Waals surface area contributed by atoms with Crippen LogP contribution in [-0.2, 0) is 10.2 Å². The minimum absolute atomic E-state index is 0.171. The van der Waals surface area contributed by atoms with Crippen LogP contribution in [0, 0.1) is 0 Å². The molecule has 134 valence electrons. The lowest BCUT2D eigenvalue weighted by molar-refractivity contribution is 0.0487. The summed E-state index contributed by atoms with van der Waals surface area (Å²) in [5.74, 6) is -0.171. The smallest absolute Gasteiger partial charge is 0.272 e. The van der Waals surface area contributed by atoms with Gasteiger partial charge in [0.2, 0.25) is 0 Å². The van der Waals surface area contributed by atoms with E-state index in [-0.39, 0.29) is 11.3 Å². The predicted molar refractivity (Wildman–Crippen MR) is 102 cm³/mol. The van der Waals surface area contributed by atoms with Crippen molar-refractivity contribution in [1.29, 1.82) is 0 Å². The molecule has 1 fully saturated rings. The molecular formula is C20H20ClN3O2.